The standard InChI is InChI=1S/C20H21BrN4O4/c1-29-17-4-2-3-16(11-17)22-18(26)12-24-9-10-25(13-19(24)27)20(28)23-15-7-5-14(21)6-8-15/h2-8,11H,9-10,12-13H2,1H3,(H,22,26)(H,23,28). The fourth-order valence-corrected chi connectivity index (χ4v) is 3.12. The van der Waals surface area contributed by atoms with E-state index in [1.807, 2.05) is 12.1 Å². The van der Waals surface area contributed by atoms with Gasteiger partial charge in [0.1, 0.15) is 12.3 Å². The predicted molar refractivity (Wildman–Crippen MR) is 113 cm³/mol. The number of piperazine rings is 1. The molecule has 0 aliphatic carbocycles. The van der Waals surface area contributed by atoms with Crippen LogP contribution in [0, 0.1) is 0 Å². The van der Waals surface area contributed by atoms with E-state index in [9.17, 15) is 14.4 Å². The summed E-state index contributed by atoms with van der Waals surface area (Å²) in [6.07, 6.45) is 0. The van der Waals surface area contributed by atoms with Gasteiger partial charge in [0.15, 0.2) is 0 Å². The Morgan fingerprint density at radius 3 is 2.52 bits per heavy atom. The number of carbonyl (C=O) groups is 3. The van der Waals surface area contributed by atoms with Gasteiger partial charge in [-0.05, 0) is 36.4 Å². The molecule has 0 atom stereocenters. The average molecular weight is 461 g/mol. The van der Waals surface area contributed by atoms with Gasteiger partial charge in [-0.2, -0.15) is 0 Å². The molecular weight excluding hydrogens is 440 g/mol. The Labute approximate surface area is 176 Å². The van der Waals surface area contributed by atoms with Crippen molar-refractivity contribution in [1.29, 1.82) is 0 Å². The highest BCUT2D eigenvalue weighted by molar-refractivity contribution is 9.10. The van der Waals surface area contributed by atoms with E-state index in [4.69, 9.17) is 4.74 Å². The fraction of sp³-hybridized carbons (Fsp3) is 0.250. The van der Waals surface area contributed by atoms with Crippen LogP contribution in [0.4, 0.5) is 16.2 Å². The number of nitrogens with zero attached hydrogens (tertiary/aromatic N) is 2. The Morgan fingerprint density at radius 1 is 1.07 bits per heavy atom. The van der Waals surface area contributed by atoms with Crippen LogP contribution in [0.15, 0.2) is 53.0 Å². The van der Waals surface area contributed by atoms with E-state index in [0.29, 0.717) is 23.7 Å². The highest BCUT2D eigenvalue weighted by Crippen LogP contribution is 2.17. The van der Waals surface area contributed by atoms with E-state index < -0.39 is 0 Å². The number of urea groups is 1. The summed E-state index contributed by atoms with van der Waals surface area (Å²) in [6, 6.07) is 13.8. The molecule has 2 N–H and O–H groups in total. The monoisotopic (exact) mass is 460 g/mol. The molecule has 1 fully saturated rings. The number of hydrogen-bond donors (Lipinski definition) is 2. The Bertz CT molecular complexity index is 904. The number of ether oxygens (including phenoxy) is 1. The smallest absolute Gasteiger partial charge is 0.322 e. The molecule has 0 bridgehead atoms. The second-order valence-corrected chi connectivity index (χ2v) is 7.37. The highest BCUT2D eigenvalue weighted by atomic mass is 79.9. The number of benzene rings is 2. The Kier molecular flexibility index (Phi) is 6.71. The van der Waals surface area contributed by atoms with E-state index in [0.717, 1.165) is 4.47 Å². The summed E-state index contributed by atoms with van der Waals surface area (Å²) in [5.74, 6) is 0.0478. The van der Waals surface area contributed by atoms with Crippen LogP contribution in [0.3, 0.4) is 0 Å². The predicted octanol–water partition coefficient (Wildman–Crippen LogP) is 2.77. The van der Waals surface area contributed by atoms with Gasteiger partial charge in [-0.3, -0.25) is 9.59 Å². The molecule has 9 heteroatoms. The van der Waals surface area contributed by atoms with Gasteiger partial charge < -0.3 is 25.2 Å². The van der Waals surface area contributed by atoms with Crippen molar-refractivity contribution in [2.24, 2.45) is 0 Å². The maximum atomic E-state index is 12.4. The third-order valence-electron chi connectivity index (χ3n) is 4.39. The zero-order valence-electron chi connectivity index (χ0n) is 15.9. The molecule has 152 valence electrons. The maximum Gasteiger partial charge on any atom is 0.322 e. The topological polar surface area (TPSA) is 91.0 Å². The molecule has 0 aromatic heterocycles. The molecule has 1 aliphatic heterocycles. The van der Waals surface area contributed by atoms with E-state index in [2.05, 4.69) is 26.6 Å². The summed E-state index contributed by atoms with van der Waals surface area (Å²) in [7, 11) is 1.55. The maximum absolute atomic E-state index is 12.4. The Morgan fingerprint density at radius 2 is 1.83 bits per heavy atom. The lowest BCUT2D eigenvalue weighted by Gasteiger charge is -2.33. The van der Waals surface area contributed by atoms with Crippen LogP contribution in [-0.4, -0.2) is 60.9 Å². The van der Waals surface area contributed by atoms with Crippen LogP contribution < -0.4 is 15.4 Å². The van der Waals surface area contributed by atoms with Crippen molar-refractivity contribution in [3.63, 3.8) is 0 Å². The van der Waals surface area contributed by atoms with Crippen LogP contribution in [0.25, 0.3) is 0 Å². The van der Waals surface area contributed by atoms with Crippen molar-refractivity contribution in [2.45, 2.75) is 0 Å². The molecule has 1 saturated heterocycles. The van der Waals surface area contributed by atoms with Crippen molar-refractivity contribution in [3.05, 3.63) is 53.0 Å². The molecule has 1 aliphatic rings. The zero-order valence-corrected chi connectivity index (χ0v) is 17.4. The minimum atomic E-state index is -0.346. The Balaban J connectivity index is 1.50. The number of rotatable bonds is 5. The molecule has 1 heterocycles. The average Bonchev–Trinajstić information content (AvgIpc) is 2.71. The van der Waals surface area contributed by atoms with Gasteiger partial charge in [-0.1, -0.05) is 22.0 Å². The number of carbonyl (C=O) groups excluding carboxylic acids is 3. The van der Waals surface area contributed by atoms with Crippen molar-refractivity contribution in [3.8, 4) is 5.75 Å². The van der Waals surface area contributed by atoms with E-state index in [-0.39, 0.29) is 37.5 Å². The molecular formula is C20H21BrN4O4. The van der Waals surface area contributed by atoms with Gasteiger partial charge in [0.05, 0.1) is 13.7 Å². The normalized spacial score (nSPS) is 13.8. The number of hydrogen-bond acceptors (Lipinski definition) is 4. The third-order valence-corrected chi connectivity index (χ3v) is 4.92. The van der Waals surface area contributed by atoms with Crippen LogP contribution in [0.5, 0.6) is 5.75 Å². The third kappa shape index (κ3) is 5.71. The quantitative estimate of drug-likeness (QED) is 0.717. The first-order valence-corrected chi connectivity index (χ1v) is 9.77. The number of amides is 4. The largest absolute Gasteiger partial charge is 0.497 e. The second-order valence-electron chi connectivity index (χ2n) is 6.45. The molecule has 0 unspecified atom stereocenters. The minimum Gasteiger partial charge on any atom is -0.497 e. The lowest BCUT2D eigenvalue weighted by Crippen LogP contribution is -2.54. The van der Waals surface area contributed by atoms with Gasteiger partial charge >= 0.3 is 6.03 Å². The molecule has 0 spiro atoms. The van der Waals surface area contributed by atoms with Gasteiger partial charge in [-0.15, -0.1) is 0 Å². The van der Waals surface area contributed by atoms with Crippen molar-refractivity contribution < 1.29 is 19.1 Å². The zero-order chi connectivity index (χ0) is 20.8. The lowest BCUT2D eigenvalue weighted by atomic mass is 10.2. The molecule has 0 radical (unpaired) electrons. The molecule has 0 saturated carbocycles. The summed E-state index contributed by atoms with van der Waals surface area (Å²) < 4.78 is 6.03. The summed E-state index contributed by atoms with van der Waals surface area (Å²) in [6.45, 7) is 0.492. The number of anilines is 2. The van der Waals surface area contributed by atoms with Crippen molar-refractivity contribution in [1.82, 2.24) is 9.80 Å². The van der Waals surface area contributed by atoms with Gasteiger partial charge in [-0.25, -0.2) is 4.79 Å². The first-order chi connectivity index (χ1) is 13.9. The molecule has 4 amide bonds. The SMILES string of the molecule is COc1cccc(NC(=O)CN2CCN(C(=O)Nc3ccc(Br)cc3)CC2=O)c1. The van der Waals surface area contributed by atoms with E-state index in [1.54, 1.807) is 43.5 Å². The molecule has 2 aromatic carbocycles. The Hall–Kier alpha value is -3.07. The highest BCUT2D eigenvalue weighted by Gasteiger charge is 2.28. The summed E-state index contributed by atoms with van der Waals surface area (Å²) in [4.78, 5) is 39.9. The van der Waals surface area contributed by atoms with Crippen LogP contribution in [0.2, 0.25) is 0 Å². The second kappa shape index (κ2) is 9.42. The van der Waals surface area contributed by atoms with Gasteiger partial charge in [0.25, 0.3) is 0 Å². The molecule has 8 nitrogen and oxygen atoms in total. The van der Waals surface area contributed by atoms with Crippen LogP contribution >= 0.6 is 15.9 Å². The summed E-state index contributed by atoms with van der Waals surface area (Å²) >= 11 is 3.34. The van der Waals surface area contributed by atoms with Gasteiger partial charge in [0.2, 0.25) is 11.8 Å². The number of halogens is 1. The van der Waals surface area contributed by atoms with Gasteiger partial charge in [0, 0.05) is 35.0 Å². The van der Waals surface area contributed by atoms with Crippen LogP contribution in [0.1, 0.15) is 0 Å². The number of nitrogens with one attached hydrogen (secondary N) is 2. The molecule has 29 heavy (non-hydrogen) atoms. The summed E-state index contributed by atoms with van der Waals surface area (Å²) in [5.41, 5.74) is 1.24. The van der Waals surface area contributed by atoms with E-state index in [1.165, 1.54) is 9.80 Å². The fourth-order valence-electron chi connectivity index (χ4n) is 2.86. The first kappa shape index (κ1) is 20.7. The van der Waals surface area contributed by atoms with Crippen molar-refractivity contribution in [2.75, 3.05) is 43.9 Å². The first-order valence-electron chi connectivity index (χ1n) is 8.98. The minimum absolute atomic E-state index is 0.0712. The van der Waals surface area contributed by atoms with Crippen molar-refractivity contribution >= 4 is 45.2 Å². The number of methoxy groups -OCH3 is 1. The summed E-state index contributed by atoms with van der Waals surface area (Å²) in [5, 5.41) is 5.51. The lowest BCUT2D eigenvalue weighted by molar-refractivity contribution is -0.137. The van der Waals surface area contributed by atoms with E-state index >= 15 is 0 Å². The molecule has 3 rings (SSSR count). The van der Waals surface area contributed by atoms with Crippen LogP contribution in [-0.2, 0) is 9.59 Å². The molecule has 2 aromatic rings.